The Kier molecular flexibility index (Phi) is 4.10. The minimum absolute atomic E-state index is 0.0453. The summed E-state index contributed by atoms with van der Waals surface area (Å²) in [5.41, 5.74) is 0.500. The van der Waals surface area contributed by atoms with Gasteiger partial charge in [0.05, 0.1) is 4.90 Å². The molecule has 0 bridgehead atoms. The first-order chi connectivity index (χ1) is 10.1. The van der Waals surface area contributed by atoms with Crippen LogP contribution < -0.4 is 5.56 Å². The van der Waals surface area contributed by atoms with Gasteiger partial charge in [-0.3, -0.25) is 14.3 Å². The number of aromatic nitrogens is 2. The zero-order chi connectivity index (χ0) is 16.7. The van der Waals surface area contributed by atoms with Crippen LogP contribution in [-0.4, -0.2) is 30.2 Å². The highest BCUT2D eigenvalue weighted by atomic mass is 32.2. The zero-order valence-electron chi connectivity index (χ0n) is 12.9. The summed E-state index contributed by atoms with van der Waals surface area (Å²) in [4.78, 5) is 24.8. The molecular weight excluding hydrogens is 304 g/mol. The van der Waals surface area contributed by atoms with Gasteiger partial charge in [-0.05, 0) is 44.5 Å². The summed E-state index contributed by atoms with van der Waals surface area (Å²) < 4.78 is 24.4. The summed E-state index contributed by atoms with van der Waals surface area (Å²) in [6.07, 6.45) is 2.49. The van der Waals surface area contributed by atoms with Crippen molar-refractivity contribution in [2.75, 3.05) is 6.26 Å². The molecule has 0 fully saturated rings. The standard InChI is InChI=1S/C15H18N2O4S/c1-9(2)17-15(19)13(8-16-17)14(18)12-6-5-11(7-10(12)3)22(4,20)21/h5-9,16H,1-4H3. The number of ketones is 1. The molecule has 0 atom stereocenters. The second kappa shape index (κ2) is 5.57. The van der Waals surface area contributed by atoms with Crippen molar-refractivity contribution in [2.24, 2.45) is 0 Å². The number of benzene rings is 1. The first-order valence-corrected chi connectivity index (χ1v) is 8.67. The van der Waals surface area contributed by atoms with E-state index in [0.29, 0.717) is 11.1 Å². The maximum atomic E-state index is 12.5. The van der Waals surface area contributed by atoms with E-state index in [1.54, 1.807) is 6.92 Å². The van der Waals surface area contributed by atoms with Crippen molar-refractivity contribution >= 4 is 15.6 Å². The largest absolute Gasteiger partial charge is 0.302 e. The predicted octanol–water partition coefficient (Wildman–Crippen LogP) is 1.70. The molecule has 1 aromatic carbocycles. The van der Waals surface area contributed by atoms with Gasteiger partial charge in [-0.2, -0.15) is 0 Å². The van der Waals surface area contributed by atoms with Gasteiger partial charge < -0.3 is 5.10 Å². The van der Waals surface area contributed by atoms with E-state index in [9.17, 15) is 18.0 Å². The highest BCUT2D eigenvalue weighted by Crippen LogP contribution is 2.18. The molecule has 0 aliphatic heterocycles. The van der Waals surface area contributed by atoms with Crippen LogP contribution in [0.1, 0.15) is 41.4 Å². The number of nitrogens with zero attached hydrogens (tertiary/aromatic N) is 1. The number of rotatable bonds is 4. The maximum absolute atomic E-state index is 12.5. The monoisotopic (exact) mass is 322 g/mol. The number of carbonyl (C=O) groups excluding carboxylic acids is 1. The number of sulfone groups is 1. The fourth-order valence-corrected chi connectivity index (χ4v) is 2.90. The number of hydrogen-bond donors (Lipinski definition) is 1. The van der Waals surface area contributed by atoms with Crippen LogP contribution in [0, 0.1) is 6.92 Å². The van der Waals surface area contributed by atoms with Gasteiger partial charge in [0.2, 0.25) is 0 Å². The summed E-state index contributed by atoms with van der Waals surface area (Å²) >= 11 is 0. The molecule has 0 saturated heterocycles. The van der Waals surface area contributed by atoms with E-state index in [1.165, 1.54) is 29.1 Å². The number of H-pyrrole nitrogens is 1. The van der Waals surface area contributed by atoms with Crippen LogP contribution in [0.3, 0.4) is 0 Å². The molecule has 0 aliphatic rings. The van der Waals surface area contributed by atoms with E-state index in [-0.39, 0.29) is 22.1 Å². The number of aryl methyl sites for hydroxylation is 1. The molecule has 1 heterocycles. The van der Waals surface area contributed by atoms with Crippen LogP contribution in [0.4, 0.5) is 0 Å². The van der Waals surface area contributed by atoms with Crippen molar-refractivity contribution in [3.8, 4) is 0 Å². The quantitative estimate of drug-likeness (QED) is 0.868. The Morgan fingerprint density at radius 3 is 2.32 bits per heavy atom. The molecule has 1 aromatic heterocycles. The second-order valence-electron chi connectivity index (χ2n) is 5.53. The molecule has 0 unspecified atom stereocenters. The molecule has 22 heavy (non-hydrogen) atoms. The highest BCUT2D eigenvalue weighted by molar-refractivity contribution is 7.90. The topological polar surface area (TPSA) is 89.0 Å². The van der Waals surface area contributed by atoms with Gasteiger partial charge in [-0.1, -0.05) is 0 Å². The number of nitrogens with one attached hydrogen (secondary N) is 1. The molecule has 0 spiro atoms. The molecule has 0 amide bonds. The van der Waals surface area contributed by atoms with Crippen molar-refractivity contribution in [1.29, 1.82) is 0 Å². The first-order valence-electron chi connectivity index (χ1n) is 6.78. The third-order valence-electron chi connectivity index (χ3n) is 3.43. The fourth-order valence-electron chi connectivity index (χ4n) is 2.20. The Morgan fingerprint density at radius 2 is 1.86 bits per heavy atom. The molecule has 6 nitrogen and oxygen atoms in total. The zero-order valence-corrected chi connectivity index (χ0v) is 13.7. The highest BCUT2D eigenvalue weighted by Gasteiger charge is 2.20. The van der Waals surface area contributed by atoms with Gasteiger partial charge >= 0.3 is 0 Å². The Balaban J connectivity index is 2.49. The lowest BCUT2D eigenvalue weighted by atomic mass is 10.0. The Bertz CT molecular complexity index is 889. The van der Waals surface area contributed by atoms with Crippen molar-refractivity contribution in [1.82, 2.24) is 9.78 Å². The predicted molar refractivity (Wildman–Crippen MR) is 83.2 cm³/mol. The molecule has 2 rings (SSSR count). The van der Waals surface area contributed by atoms with Crippen LogP contribution in [0.5, 0.6) is 0 Å². The molecule has 2 aromatic rings. The van der Waals surface area contributed by atoms with Crippen LogP contribution >= 0.6 is 0 Å². The summed E-state index contributed by atoms with van der Waals surface area (Å²) in [5.74, 6) is -0.418. The lowest BCUT2D eigenvalue weighted by molar-refractivity contribution is 0.103. The van der Waals surface area contributed by atoms with Gasteiger partial charge in [0.1, 0.15) is 5.56 Å². The summed E-state index contributed by atoms with van der Waals surface area (Å²) in [6, 6.07) is 4.18. The van der Waals surface area contributed by atoms with Crippen LogP contribution in [-0.2, 0) is 9.84 Å². The normalized spacial score (nSPS) is 11.9. The summed E-state index contributed by atoms with van der Waals surface area (Å²) in [5, 5.41) is 2.77. The average molecular weight is 322 g/mol. The van der Waals surface area contributed by atoms with Crippen LogP contribution in [0.2, 0.25) is 0 Å². The summed E-state index contributed by atoms with van der Waals surface area (Å²) in [7, 11) is -3.33. The molecule has 118 valence electrons. The molecule has 7 heteroatoms. The lowest BCUT2D eigenvalue weighted by Gasteiger charge is -2.06. The minimum atomic E-state index is -3.33. The van der Waals surface area contributed by atoms with Crippen LogP contribution in [0.25, 0.3) is 0 Å². The van der Waals surface area contributed by atoms with Crippen LogP contribution in [0.15, 0.2) is 34.1 Å². The SMILES string of the molecule is Cc1cc(S(C)(=O)=O)ccc1C(=O)c1c[nH]n(C(C)C)c1=O. The molecule has 0 radical (unpaired) electrons. The van der Waals surface area contributed by atoms with Crippen molar-refractivity contribution in [3.05, 3.63) is 51.4 Å². The average Bonchev–Trinajstić information content (AvgIpc) is 2.78. The van der Waals surface area contributed by atoms with Gasteiger partial charge in [0, 0.05) is 24.1 Å². The second-order valence-corrected chi connectivity index (χ2v) is 7.55. The lowest BCUT2D eigenvalue weighted by Crippen LogP contribution is -2.23. The fraction of sp³-hybridized carbons (Fsp3) is 0.333. The Labute approximate surface area is 128 Å². The van der Waals surface area contributed by atoms with Crippen molar-refractivity contribution < 1.29 is 13.2 Å². The van der Waals surface area contributed by atoms with Gasteiger partial charge in [-0.15, -0.1) is 0 Å². The Hall–Kier alpha value is -2.15. The number of aromatic amines is 1. The van der Waals surface area contributed by atoms with E-state index in [0.717, 1.165) is 6.26 Å². The maximum Gasteiger partial charge on any atom is 0.277 e. The number of hydrogen-bond acceptors (Lipinski definition) is 4. The van der Waals surface area contributed by atoms with Crippen molar-refractivity contribution in [2.45, 2.75) is 31.7 Å². The molecule has 0 aliphatic carbocycles. The third-order valence-corrected chi connectivity index (χ3v) is 4.54. The van der Waals surface area contributed by atoms with Gasteiger partial charge in [0.25, 0.3) is 5.56 Å². The van der Waals surface area contributed by atoms with E-state index in [4.69, 9.17) is 0 Å². The van der Waals surface area contributed by atoms with Gasteiger partial charge in [0.15, 0.2) is 15.6 Å². The molecule has 0 saturated carbocycles. The third kappa shape index (κ3) is 2.89. The number of carbonyl (C=O) groups is 1. The molecule has 1 N–H and O–H groups in total. The molecular formula is C15H18N2O4S. The minimum Gasteiger partial charge on any atom is -0.302 e. The first kappa shape index (κ1) is 16.2. The van der Waals surface area contributed by atoms with E-state index < -0.39 is 15.6 Å². The van der Waals surface area contributed by atoms with E-state index in [1.807, 2.05) is 13.8 Å². The summed E-state index contributed by atoms with van der Waals surface area (Å²) in [6.45, 7) is 5.31. The van der Waals surface area contributed by atoms with E-state index in [2.05, 4.69) is 5.10 Å². The Morgan fingerprint density at radius 1 is 1.23 bits per heavy atom. The smallest absolute Gasteiger partial charge is 0.277 e. The van der Waals surface area contributed by atoms with E-state index >= 15 is 0 Å². The van der Waals surface area contributed by atoms with Gasteiger partial charge in [-0.25, -0.2) is 8.42 Å². The van der Waals surface area contributed by atoms with Crippen molar-refractivity contribution in [3.63, 3.8) is 0 Å².